The minimum Gasteiger partial charge on any atom is -0.353 e. The summed E-state index contributed by atoms with van der Waals surface area (Å²) in [6, 6.07) is 7.31. The van der Waals surface area contributed by atoms with Gasteiger partial charge in [-0.3, -0.25) is 4.79 Å². The van der Waals surface area contributed by atoms with Crippen molar-refractivity contribution in [2.24, 2.45) is 5.73 Å². The summed E-state index contributed by atoms with van der Waals surface area (Å²) in [6.07, 6.45) is 0.790. The number of carbonyl (C=O) groups is 1. The number of nitrogens with two attached hydrogens (primary N) is 1. The monoisotopic (exact) mass is 281 g/mol. The molecule has 2 N–H and O–H groups in total. The number of rotatable bonds is 6. The lowest BCUT2D eigenvalue weighted by atomic mass is 9.95. The van der Waals surface area contributed by atoms with Gasteiger partial charge in [0.1, 0.15) is 6.29 Å². The van der Waals surface area contributed by atoms with Gasteiger partial charge >= 0.3 is 0 Å². The number of hydrogen-bond donors (Lipinski definition) is 1. The van der Waals surface area contributed by atoms with Gasteiger partial charge in [0.25, 0.3) is 0 Å². The Hall–Kier alpha value is -1.23. The minimum atomic E-state index is -0.332. The topological polar surface area (TPSA) is 61.6 Å². The fourth-order valence-electron chi connectivity index (χ4n) is 1.51. The number of aldehydes is 1. The molecule has 1 aromatic carbocycles. The summed E-state index contributed by atoms with van der Waals surface area (Å²) < 4.78 is 10.1. The van der Waals surface area contributed by atoms with Gasteiger partial charge in [-0.15, -0.1) is 0 Å². The highest BCUT2D eigenvalue weighted by Gasteiger charge is 2.12. The summed E-state index contributed by atoms with van der Waals surface area (Å²) in [6.45, 7) is 11.1. The third-order valence-electron chi connectivity index (χ3n) is 2.59. The van der Waals surface area contributed by atoms with Gasteiger partial charge in [0.2, 0.25) is 0 Å². The highest BCUT2D eigenvalue weighted by atomic mass is 16.7. The van der Waals surface area contributed by atoms with Crippen LogP contribution in [0.4, 0.5) is 0 Å². The van der Waals surface area contributed by atoms with Crippen LogP contribution in [0, 0.1) is 0 Å². The van der Waals surface area contributed by atoms with E-state index in [4.69, 9.17) is 15.2 Å². The van der Waals surface area contributed by atoms with Crippen molar-refractivity contribution in [3.63, 3.8) is 0 Å². The average molecular weight is 281 g/mol. The van der Waals surface area contributed by atoms with Crippen molar-refractivity contribution in [2.75, 3.05) is 13.2 Å². The maximum absolute atomic E-state index is 10.3. The Balaban J connectivity index is 0.000000396. The van der Waals surface area contributed by atoms with E-state index in [9.17, 15) is 4.79 Å². The summed E-state index contributed by atoms with van der Waals surface area (Å²) in [5, 5.41) is 0. The molecule has 0 aliphatic carbocycles. The molecule has 1 aromatic rings. The van der Waals surface area contributed by atoms with E-state index >= 15 is 0 Å². The van der Waals surface area contributed by atoms with Gasteiger partial charge in [-0.05, 0) is 40.2 Å². The lowest BCUT2D eigenvalue weighted by Gasteiger charge is -2.18. The molecule has 0 unspecified atom stereocenters. The molecular formula is C16H27NO3. The first-order chi connectivity index (χ1) is 9.35. The van der Waals surface area contributed by atoms with Crippen LogP contribution in [0.3, 0.4) is 0 Å². The molecule has 0 aliphatic heterocycles. The summed E-state index contributed by atoms with van der Waals surface area (Å²) >= 11 is 0. The summed E-state index contributed by atoms with van der Waals surface area (Å²) in [5.41, 5.74) is 7.25. The zero-order valence-corrected chi connectivity index (χ0v) is 13.2. The normalized spacial score (nSPS) is 10.9. The second-order valence-electron chi connectivity index (χ2n) is 4.94. The first-order valence-corrected chi connectivity index (χ1v) is 6.92. The third-order valence-corrected chi connectivity index (χ3v) is 2.59. The van der Waals surface area contributed by atoms with Crippen molar-refractivity contribution in [2.45, 2.75) is 46.4 Å². The van der Waals surface area contributed by atoms with Gasteiger partial charge in [0, 0.05) is 24.3 Å². The number of benzene rings is 1. The van der Waals surface area contributed by atoms with E-state index in [0.717, 1.165) is 25.1 Å². The molecule has 114 valence electrons. The molecule has 0 heterocycles. The Labute approximate surface area is 122 Å². The van der Waals surface area contributed by atoms with E-state index in [0.29, 0.717) is 5.56 Å². The molecule has 0 atom stereocenters. The van der Waals surface area contributed by atoms with Crippen molar-refractivity contribution >= 4 is 6.29 Å². The van der Waals surface area contributed by atoms with Crippen LogP contribution >= 0.6 is 0 Å². The Bertz CT molecular complexity index is 362. The van der Waals surface area contributed by atoms with E-state index < -0.39 is 0 Å². The van der Waals surface area contributed by atoms with Crippen LogP contribution in [-0.2, 0) is 15.0 Å². The Morgan fingerprint density at radius 3 is 1.90 bits per heavy atom. The zero-order chi connectivity index (χ0) is 15.6. The molecule has 20 heavy (non-hydrogen) atoms. The molecule has 0 radical (unpaired) electrons. The van der Waals surface area contributed by atoms with E-state index in [1.54, 1.807) is 12.1 Å². The molecule has 1 rings (SSSR count). The maximum Gasteiger partial charge on any atom is 0.154 e. The third kappa shape index (κ3) is 8.04. The molecule has 0 amide bonds. The van der Waals surface area contributed by atoms with E-state index in [1.165, 1.54) is 0 Å². The van der Waals surface area contributed by atoms with Gasteiger partial charge in [0.15, 0.2) is 6.29 Å². The zero-order valence-electron chi connectivity index (χ0n) is 13.2. The summed E-state index contributed by atoms with van der Waals surface area (Å²) in [5.74, 6) is 0. The second kappa shape index (κ2) is 9.64. The summed E-state index contributed by atoms with van der Waals surface area (Å²) in [4.78, 5) is 10.3. The molecule has 0 saturated carbocycles. The number of hydrogen-bond acceptors (Lipinski definition) is 4. The second-order valence-corrected chi connectivity index (χ2v) is 4.94. The molecule has 0 fully saturated rings. The van der Waals surface area contributed by atoms with Crippen LogP contribution in [0.2, 0.25) is 0 Å². The van der Waals surface area contributed by atoms with Crippen LogP contribution in [0.5, 0.6) is 0 Å². The first-order valence-electron chi connectivity index (χ1n) is 6.92. The fourth-order valence-corrected chi connectivity index (χ4v) is 1.51. The van der Waals surface area contributed by atoms with Gasteiger partial charge in [0.05, 0.1) is 0 Å². The largest absolute Gasteiger partial charge is 0.353 e. The smallest absolute Gasteiger partial charge is 0.154 e. The Morgan fingerprint density at radius 2 is 1.60 bits per heavy atom. The van der Waals surface area contributed by atoms with E-state index in [2.05, 4.69) is 0 Å². The van der Waals surface area contributed by atoms with Crippen molar-refractivity contribution in [3.8, 4) is 0 Å². The van der Waals surface area contributed by atoms with Crippen molar-refractivity contribution < 1.29 is 14.3 Å². The predicted molar refractivity (Wildman–Crippen MR) is 81.8 cm³/mol. The number of ether oxygens (including phenoxy) is 2. The van der Waals surface area contributed by atoms with Crippen LogP contribution in [0.15, 0.2) is 24.3 Å². The van der Waals surface area contributed by atoms with Crippen LogP contribution in [0.1, 0.15) is 50.5 Å². The minimum absolute atomic E-state index is 0.0370. The van der Waals surface area contributed by atoms with Crippen LogP contribution < -0.4 is 5.73 Å². The SMILES string of the molecule is CC(C)(N)c1ccc(C=O)cc1.CCOC(C)OCC. The predicted octanol–water partition coefficient (Wildman–Crippen LogP) is 3.10. The van der Waals surface area contributed by atoms with E-state index in [1.807, 2.05) is 46.8 Å². The molecule has 4 nitrogen and oxygen atoms in total. The van der Waals surface area contributed by atoms with Gasteiger partial charge in [-0.2, -0.15) is 0 Å². The fraction of sp³-hybridized carbons (Fsp3) is 0.562. The van der Waals surface area contributed by atoms with Crippen LogP contribution in [-0.4, -0.2) is 25.8 Å². The Kier molecular flexibility index (Phi) is 9.05. The quantitative estimate of drug-likeness (QED) is 0.643. The standard InChI is InChI=1S/C10H13NO.C6H14O2/c1-10(2,11)9-5-3-8(7-12)4-6-9;1-4-7-6(3)8-5-2/h3-7H,11H2,1-2H3;6H,4-5H2,1-3H3. The molecule has 0 spiro atoms. The lowest BCUT2D eigenvalue weighted by molar-refractivity contribution is -0.123. The molecular weight excluding hydrogens is 254 g/mol. The molecule has 0 bridgehead atoms. The lowest BCUT2D eigenvalue weighted by Crippen LogP contribution is -2.28. The highest BCUT2D eigenvalue weighted by molar-refractivity contribution is 5.74. The van der Waals surface area contributed by atoms with Gasteiger partial charge < -0.3 is 15.2 Å². The number of carbonyl (C=O) groups excluding carboxylic acids is 1. The molecule has 4 heteroatoms. The van der Waals surface area contributed by atoms with Gasteiger partial charge in [-0.25, -0.2) is 0 Å². The molecule has 0 aliphatic rings. The molecule has 0 saturated heterocycles. The van der Waals surface area contributed by atoms with Crippen molar-refractivity contribution in [1.29, 1.82) is 0 Å². The van der Waals surface area contributed by atoms with E-state index in [-0.39, 0.29) is 11.8 Å². The Morgan fingerprint density at radius 1 is 1.15 bits per heavy atom. The maximum atomic E-state index is 10.3. The highest BCUT2D eigenvalue weighted by Crippen LogP contribution is 2.16. The van der Waals surface area contributed by atoms with Crippen LogP contribution in [0.25, 0.3) is 0 Å². The van der Waals surface area contributed by atoms with Crippen molar-refractivity contribution in [3.05, 3.63) is 35.4 Å². The average Bonchev–Trinajstić information content (AvgIpc) is 2.39. The van der Waals surface area contributed by atoms with Gasteiger partial charge in [-0.1, -0.05) is 24.3 Å². The molecule has 0 aromatic heterocycles. The summed E-state index contributed by atoms with van der Waals surface area (Å²) in [7, 11) is 0. The van der Waals surface area contributed by atoms with Crippen molar-refractivity contribution in [1.82, 2.24) is 0 Å². The first kappa shape index (κ1) is 18.8.